The number of piperazine rings is 1. The molecule has 1 aromatic carbocycles. The minimum atomic E-state index is -0.657. The summed E-state index contributed by atoms with van der Waals surface area (Å²) in [4.78, 5) is 39.6. The second kappa shape index (κ2) is 11.3. The molecule has 0 radical (unpaired) electrons. The standard InChI is InChI=1S/C21H30N2O7/c1-5-27-17-12-16(13-18(28-6-2)20(17)29-7-3)21(26)30-14-19(25)23-10-8-22(9-11-23)15(4)24/h12-13H,5-11,14H2,1-4H3. The second-order valence-corrected chi connectivity index (χ2v) is 6.56. The quantitative estimate of drug-likeness (QED) is 0.560. The summed E-state index contributed by atoms with van der Waals surface area (Å²) in [5.41, 5.74) is 0.208. The van der Waals surface area contributed by atoms with Gasteiger partial charge in [0.25, 0.3) is 5.91 Å². The van der Waals surface area contributed by atoms with E-state index in [-0.39, 0.29) is 24.0 Å². The average molecular weight is 422 g/mol. The van der Waals surface area contributed by atoms with Crippen molar-refractivity contribution in [3.8, 4) is 17.2 Å². The van der Waals surface area contributed by atoms with Gasteiger partial charge in [0.2, 0.25) is 11.7 Å². The molecule has 0 atom stereocenters. The van der Waals surface area contributed by atoms with Gasteiger partial charge >= 0.3 is 5.97 Å². The van der Waals surface area contributed by atoms with Crippen LogP contribution in [-0.4, -0.2) is 80.2 Å². The number of rotatable bonds is 9. The molecule has 0 aromatic heterocycles. The molecule has 0 unspecified atom stereocenters. The maximum Gasteiger partial charge on any atom is 0.338 e. The molecule has 0 spiro atoms. The van der Waals surface area contributed by atoms with Crippen LogP contribution in [0.25, 0.3) is 0 Å². The van der Waals surface area contributed by atoms with Gasteiger partial charge in [-0.2, -0.15) is 0 Å². The van der Waals surface area contributed by atoms with Gasteiger partial charge in [-0.25, -0.2) is 4.79 Å². The van der Waals surface area contributed by atoms with E-state index in [1.54, 1.807) is 9.80 Å². The topological polar surface area (TPSA) is 94.6 Å². The largest absolute Gasteiger partial charge is 0.490 e. The minimum absolute atomic E-state index is 0.0146. The molecule has 1 heterocycles. The first-order valence-corrected chi connectivity index (χ1v) is 10.2. The molecule has 0 aliphatic carbocycles. The third kappa shape index (κ3) is 6.01. The van der Waals surface area contributed by atoms with E-state index in [1.807, 2.05) is 20.8 Å². The smallest absolute Gasteiger partial charge is 0.338 e. The number of ether oxygens (including phenoxy) is 4. The molecule has 1 aromatic rings. The summed E-state index contributed by atoms with van der Waals surface area (Å²) in [6, 6.07) is 3.05. The molecule has 2 amide bonds. The Morgan fingerprint density at radius 1 is 0.833 bits per heavy atom. The maximum atomic E-state index is 12.6. The lowest BCUT2D eigenvalue weighted by atomic mass is 10.2. The molecular formula is C21H30N2O7. The lowest BCUT2D eigenvalue weighted by Crippen LogP contribution is -2.51. The zero-order valence-electron chi connectivity index (χ0n) is 18.1. The Labute approximate surface area is 176 Å². The van der Waals surface area contributed by atoms with Crippen LogP contribution in [0.5, 0.6) is 17.2 Å². The Morgan fingerprint density at radius 3 is 1.80 bits per heavy atom. The number of carbonyl (C=O) groups excluding carboxylic acids is 3. The number of esters is 1. The van der Waals surface area contributed by atoms with Gasteiger partial charge in [-0.05, 0) is 32.9 Å². The van der Waals surface area contributed by atoms with Gasteiger partial charge in [-0.15, -0.1) is 0 Å². The molecule has 30 heavy (non-hydrogen) atoms. The number of hydrogen-bond donors (Lipinski definition) is 0. The molecule has 1 fully saturated rings. The van der Waals surface area contributed by atoms with Crippen molar-refractivity contribution in [1.29, 1.82) is 0 Å². The molecular weight excluding hydrogens is 392 g/mol. The second-order valence-electron chi connectivity index (χ2n) is 6.56. The first kappa shape index (κ1) is 23.3. The van der Waals surface area contributed by atoms with Gasteiger partial charge in [0.05, 0.1) is 25.4 Å². The van der Waals surface area contributed by atoms with Crippen LogP contribution in [0.4, 0.5) is 0 Å². The summed E-state index contributed by atoms with van der Waals surface area (Å²) in [6.45, 7) is 9.59. The molecule has 1 aliphatic heterocycles. The maximum absolute atomic E-state index is 12.6. The summed E-state index contributed by atoms with van der Waals surface area (Å²) in [5.74, 6) is 0.215. The van der Waals surface area contributed by atoms with E-state index >= 15 is 0 Å². The summed E-state index contributed by atoms with van der Waals surface area (Å²) in [7, 11) is 0. The van der Waals surface area contributed by atoms with Gasteiger partial charge in [-0.1, -0.05) is 0 Å². The highest BCUT2D eigenvalue weighted by molar-refractivity contribution is 5.93. The molecule has 0 N–H and O–H groups in total. The highest BCUT2D eigenvalue weighted by atomic mass is 16.5. The number of carbonyl (C=O) groups is 3. The van der Waals surface area contributed by atoms with Crippen molar-refractivity contribution in [2.45, 2.75) is 27.7 Å². The summed E-state index contributed by atoms with van der Waals surface area (Å²) in [5, 5.41) is 0. The first-order chi connectivity index (χ1) is 14.4. The van der Waals surface area contributed by atoms with E-state index < -0.39 is 5.97 Å². The van der Waals surface area contributed by atoms with Crippen LogP contribution in [0.2, 0.25) is 0 Å². The highest BCUT2D eigenvalue weighted by Crippen LogP contribution is 2.39. The van der Waals surface area contributed by atoms with E-state index in [2.05, 4.69) is 0 Å². The van der Waals surface area contributed by atoms with Gasteiger partial charge in [0.15, 0.2) is 18.1 Å². The normalized spacial score (nSPS) is 13.6. The van der Waals surface area contributed by atoms with Gasteiger partial charge in [0, 0.05) is 33.1 Å². The van der Waals surface area contributed by atoms with Crippen molar-refractivity contribution >= 4 is 17.8 Å². The Morgan fingerprint density at radius 2 is 1.33 bits per heavy atom. The van der Waals surface area contributed by atoms with Crippen LogP contribution in [0.3, 0.4) is 0 Å². The molecule has 1 saturated heterocycles. The van der Waals surface area contributed by atoms with Crippen LogP contribution in [0, 0.1) is 0 Å². The number of benzene rings is 1. The van der Waals surface area contributed by atoms with Gasteiger partial charge in [0.1, 0.15) is 0 Å². The highest BCUT2D eigenvalue weighted by Gasteiger charge is 2.24. The number of nitrogens with zero attached hydrogens (tertiary/aromatic N) is 2. The molecule has 1 aliphatic rings. The fourth-order valence-corrected chi connectivity index (χ4v) is 3.08. The molecule has 0 bridgehead atoms. The molecule has 0 saturated carbocycles. The zero-order chi connectivity index (χ0) is 22.1. The van der Waals surface area contributed by atoms with Crippen molar-refractivity contribution in [2.24, 2.45) is 0 Å². The third-order valence-corrected chi connectivity index (χ3v) is 4.55. The van der Waals surface area contributed by atoms with Crippen molar-refractivity contribution < 1.29 is 33.3 Å². The monoisotopic (exact) mass is 422 g/mol. The summed E-state index contributed by atoms with van der Waals surface area (Å²) >= 11 is 0. The molecule has 2 rings (SSSR count). The predicted molar refractivity (Wildman–Crippen MR) is 109 cm³/mol. The predicted octanol–water partition coefficient (Wildman–Crippen LogP) is 1.73. The van der Waals surface area contributed by atoms with Gasteiger partial charge in [-0.3, -0.25) is 9.59 Å². The molecule has 9 nitrogen and oxygen atoms in total. The van der Waals surface area contributed by atoms with E-state index in [1.165, 1.54) is 19.1 Å². The Balaban J connectivity index is 2.05. The van der Waals surface area contributed by atoms with Crippen LogP contribution < -0.4 is 14.2 Å². The third-order valence-electron chi connectivity index (χ3n) is 4.55. The van der Waals surface area contributed by atoms with Crippen molar-refractivity contribution in [3.05, 3.63) is 17.7 Å². The zero-order valence-corrected chi connectivity index (χ0v) is 18.1. The fourth-order valence-electron chi connectivity index (χ4n) is 3.08. The first-order valence-electron chi connectivity index (χ1n) is 10.2. The van der Waals surface area contributed by atoms with E-state index in [0.29, 0.717) is 63.2 Å². The lowest BCUT2D eigenvalue weighted by Gasteiger charge is -2.34. The van der Waals surface area contributed by atoms with Crippen LogP contribution in [-0.2, 0) is 14.3 Å². The summed E-state index contributed by atoms with van der Waals surface area (Å²) in [6.07, 6.45) is 0. The minimum Gasteiger partial charge on any atom is -0.490 e. The Kier molecular flexibility index (Phi) is 8.76. The van der Waals surface area contributed by atoms with Crippen molar-refractivity contribution in [1.82, 2.24) is 9.80 Å². The van der Waals surface area contributed by atoms with E-state index in [4.69, 9.17) is 18.9 Å². The van der Waals surface area contributed by atoms with Crippen molar-refractivity contribution in [3.63, 3.8) is 0 Å². The fraction of sp³-hybridized carbons (Fsp3) is 0.571. The Bertz CT molecular complexity index is 731. The van der Waals surface area contributed by atoms with Crippen molar-refractivity contribution in [2.75, 3.05) is 52.6 Å². The van der Waals surface area contributed by atoms with Gasteiger partial charge < -0.3 is 28.7 Å². The molecule has 9 heteroatoms. The number of hydrogen-bond acceptors (Lipinski definition) is 7. The lowest BCUT2D eigenvalue weighted by molar-refractivity contribution is -0.140. The van der Waals surface area contributed by atoms with Crippen LogP contribution in [0.1, 0.15) is 38.1 Å². The van der Waals surface area contributed by atoms with Crippen LogP contribution in [0.15, 0.2) is 12.1 Å². The number of amides is 2. The summed E-state index contributed by atoms with van der Waals surface area (Å²) < 4.78 is 22.0. The Hall–Kier alpha value is -2.97. The van der Waals surface area contributed by atoms with E-state index in [0.717, 1.165) is 0 Å². The van der Waals surface area contributed by atoms with Crippen LogP contribution >= 0.6 is 0 Å². The van der Waals surface area contributed by atoms with E-state index in [9.17, 15) is 14.4 Å². The molecule has 166 valence electrons. The average Bonchev–Trinajstić information content (AvgIpc) is 2.74. The SMILES string of the molecule is CCOc1cc(C(=O)OCC(=O)N2CCN(C(C)=O)CC2)cc(OCC)c1OCC.